The Morgan fingerprint density at radius 3 is 2.47 bits per heavy atom. The van der Waals surface area contributed by atoms with E-state index >= 15 is 0 Å². The second-order valence-corrected chi connectivity index (χ2v) is 18.4. The number of allylic oxidation sites excluding steroid dienone is 16. The molecule has 10 rings (SSSR count). The highest BCUT2D eigenvalue weighted by molar-refractivity contribution is 8.04. The first-order valence-corrected chi connectivity index (χ1v) is 22.0. The van der Waals surface area contributed by atoms with E-state index in [2.05, 4.69) is 107 Å². The van der Waals surface area contributed by atoms with Gasteiger partial charge in [-0.2, -0.15) is 0 Å². The Kier molecular flexibility index (Phi) is 9.08. The van der Waals surface area contributed by atoms with Gasteiger partial charge in [0.25, 0.3) is 0 Å². The minimum Gasteiger partial charge on any atom is -0.381 e. The zero-order chi connectivity index (χ0) is 33.7. The molecule has 0 amide bonds. The number of nitrogens with zero attached hydrogens (tertiary/aromatic N) is 1. The molecule has 1 saturated heterocycles. The van der Waals surface area contributed by atoms with Gasteiger partial charge in [-0.05, 0) is 155 Å². The molecule has 2 heterocycles. The van der Waals surface area contributed by atoms with E-state index in [9.17, 15) is 0 Å². The molecule has 9 atom stereocenters. The quantitative estimate of drug-likeness (QED) is 0.299. The molecule has 0 saturated carbocycles. The van der Waals surface area contributed by atoms with Crippen LogP contribution in [0, 0.1) is 35.5 Å². The molecule has 1 aliphatic heterocycles. The number of hydrogen-bond acceptors (Lipinski definition) is 2. The molecule has 2 nitrogen and oxygen atoms in total. The molecular formula is C48H58N2S. The summed E-state index contributed by atoms with van der Waals surface area (Å²) in [5.41, 5.74) is 12.0. The van der Waals surface area contributed by atoms with Crippen LogP contribution >= 0.6 is 11.8 Å². The van der Waals surface area contributed by atoms with Crippen molar-refractivity contribution < 1.29 is 0 Å². The van der Waals surface area contributed by atoms with E-state index in [4.69, 9.17) is 0 Å². The van der Waals surface area contributed by atoms with E-state index in [0.29, 0.717) is 46.9 Å². The minimum atomic E-state index is 0.431. The molecule has 0 radical (unpaired) electrons. The van der Waals surface area contributed by atoms with Crippen LogP contribution in [0.2, 0.25) is 0 Å². The highest BCUT2D eigenvalue weighted by atomic mass is 32.2. The maximum absolute atomic E-state index is 4.37. The van der Waals surface area contributed by atoms with Crippen molar-refractivity contribution in [2.75, 3.05) is 0 Å². The number of hydrogen-bond donors (Lipinski definition) is 1. The smallest absolute Gasteiger partial charge is 0.0553 e. The second-order valence-electron chi connectivity index (χ2n) is 17.2. The molecule has 1 fully saturated rings. The predicted molar refractivity (Wildman–Crippen MR) is 216 cm³/mol. The van der Waals surface area contributed by atoms with Gasteiger partial charge in [-0.1, -0.05) is 90.6 Å². The molecule has 9 unspecified atom stereocenters. The summed E-state index contributed by atoms with van der Waals surface area (Å²) in [7, 11) is 0. The predicted octanol–water partition coefficient (Wildman–Crippen LogP) is 11.6. The molecular weight excluding hydrogens is 637 g/mol. The van der Waals surface area contributed by atoms with Crippen molar-refractivity contribution in [3.05, 3.63) is 129 Å². The number of nitrogens with one attached hydrogen (secondary N) is 1. The molecule has 8 aliphatic carbocycles. The van der Waals surface area contributed by atoms with E-state index in [1.54, 1.807) is 44.3 Å². The van der Waals surface area contributed by atoms with Crippen molar-refractivity contribution >= 4 is 11.8 Å². The van der Waals surface area contributed by atoms with Crippen LogP contribution in [-0.4, -0.2) is 15.9 Å². The standard InChI is InChI=1S/C48H58N2S/c1-3-15-32(16-4-1)36-29-30-43(48-47(36)41-23-11-14-26-46(41)51-48)49-42-24-12-9-21-38(42)37-20-8-7-19-35(37)33-27-28-40-39-22-10-13-25-44(39)50(45(40)31-33)34-17-5-2-6-18-34/h2-3,5-8,12,14-17,19,24,26,33-34,36-38,41-42,46-47,49H,1,4,9-11,13,18,20-23,25,27-31H2. The zero-order valence-electron chi connectivity index (χ0n) is 30.7. The average molecular weight is 695 g/mol. The Balaban J connectivity index is 0.936. The summed E-state index contributed by atoms with van der Waals surface area (Å²) in [6.07, 6.45) is 56.2. The first kappa shape index (κ1) is 32.7. The summed E-state index contributed by atoms with van der Waals surface area (Å²) in [6, 6.07) is 0.935. The molecule has 0 bridgehead atoms. The van der Waals surface area contributed by atoms with Gasteiger partial charge in [0.1, 0.15) is 0 Å². The number of aromatic nitrogens is 1. The SMILES string of the molecule is C1=CCC(C2CCC=CC2NC2=C3SC4C=CCCC4C3C(C3=CCCC=C3)CC2)C(C2CCc3c4c(n(C5C=CC=CC5)c3C2)CCCC4)=C1. The lowest BCUT2D eigenvalue weighted by atomic mass is 9.66. The lowest BCUT2D eigenvalue weighted by Gasteiger charge is -2.42. The summed E-state index contributed by atoms with van der Waals surface area (Å²) in [6.45, 7) is 0. The molecule has 1 N–H and O–H groups in total. The Hall–Kier alpha value is -2.91. The highest BCUT2D eigenvalue weighted by Gasteiger charge is 2.48. The fourth-order valence-corrected chi connectivity index (χ4v) is 14.1. The van der Waals surface area contributed by atoms with E-state index in [1.165, 1.54) is 103 Å². The van der Waals surface area contributed by atoms with Crippen LogP contribution in [0.25, 0.3) is 0 Å². The van der Waals surface area contributed by atoms with E-state index in [-0.39, 0.29) is 0 Å². The number of fused-ring (bicyclic) bond motifs is 6. The van der Waals surface area contributed by atoms with Crippen molar-refractivity contribution in [2.24, 2.45) is 35.5 Å². The summed E-state index contributed by atoms with van der Waals surface area (Å²) >= 11 is 2.24. The van der Waals surface area contributed by atoms with E-state index in [1.807, 2.05) is 0 Å². The number of thioether (sulfide) groups is 1. The fourth-order valence-electron chi connectivity index (χ4n) is 12.3. The van der Waals surface area contributed by atoms with Gasteiger partial charge in [-0.25, -0.2) is 0 Å². The van der Waals surface area contributed by atoms with Gasteiger partial charge in [0, 0.05) is 39.2 Å². The van der Waals surface area contributed by atoms with E-state index in [0.717, 1.165) is 12.3 Å². The highest BCUT2D eigenvalue weighted by Crippen LogP contribution is 2.59. The fraction of sp³-hybridized carbons (Fsp3) is 0.542. The average Bonchev–Trinajstić information content (AvgIpc) is 3.75. The van der Waals surface area contributed by atoms with Gasteiger partial charge in [0.2, 0.25) is 0 Å². The van der Waals surface area contributed by atoms with Crippen LogP contribution in [-0.2, 0) is 25.7 Å². The van der Waals surface area contributed by atoms with Crippen LogP contribution in [0.4, 0.5) is 0 Å². The van der Waals surface area contributed by atoms with Crippen molar-refractivity contribution in [3.63, 3.8) is 0 Å². The lowest BCUT2D eigenvalue weighted by Crippen LogP contribution is -2.43. The first-order valence-electron chi connectivity index (χ1n) is 21.1. The molecule has 1 aromatic rings. The third kappa shape index (κ3) is 5.93. The second kappa shape index (κ2) is 14.1. The maximum atomic E-state index is 4.37. The van der Waals surface area contributed by atoms with Crippen molar-refractivity contribution in [2.45, 2.75) is 126 Å². The Bertz CT molecular complexity index is 1800. The van der Waals surface area contributed by atoms with Gasteiger partial charge >= 0.3 is 0 Å². The summed E-state index contributed by atoms with van der Waals surface area (Å²) in [4.78, 5) is 1.74. The van der Waals surface area contributed by atoms with Gasteiger partial charge < -0.3 is 9.88 Å². The Morgan fingerprint density at radius 1 is 0.686 bits per heavy atom. The van der Waals surface area contributed by atoms with Crippen LogP contribution in [0.15, 0.2) is 107 Å². The van der Waals surface area contributed by atoms with Crippen LogP contribution in [0.5, 0.6) is 0 Å². The topological polar surface area (TPSA) is 17.0 Å². The summed E-state index contributed by atoms with van der Waals surface area (Å²) < 4.78 is 2.86. The molecule has 51 heavy (non-hydrogen) atoms. The maximum Gasteiger partial charge on any atom is 0.0553 e. The van der Waals surface area contributed by atoms with Crippen LogP contribution in [0.1, 0.15) is 112 Å². The van der Waals surface area contributed by atoms with Gasteiger partial charge in [0.15, 0.2) is 0 Å². The largest absolute Gasteiger partial charge is 0.381 e. The van der Waals surface area contributed by atoms with Gasteiger partial charge in [0.05, 0.1) is 6.04 Å². The molecule has 9 aliphatic rings. The lowest BCUT2D eigenvalue weighted by molar-refractivity contribution is 0.254. The molecule has 3 heteroatoms. The number of rotatable bonds is 6. The van der Waals surface area contributed by atoms with E-state index < -0.39 is 0 Å². The zero-order valence-corrected chi connectivity index (χ0v) is 31.5. The van der Waals surface area contributed by atoms with Crippen LogP contribution in [0.3, 0.4) is 0 Å². The Morgan fingerprint density at radius 2 is 1.57 bits per heavy atom. The third-order valence-electron chi connectivity index (χ3n) is 14.6. The summed E-state index contributed by atoms with van der Waals surface area (Å²) in [5.74, 6) is 4.15. The monoisotopic (exact) mass is 694 g/mol. The molecule has 0 aromatic carbocycles. The van der Waals surface area contributed by atoms with Crippen molar-refractivity contribution in [3.8, 4) is 0 Å². The van der Waals surface area contributed by atoms with Crippen molar-refractivity contribution in [1.29, 1.82) is 0 Å². The first-order chi connectivity index (χ1) is 25.3. The normalized spacial score (nSPS) is 36.7. The molecule has 1 aromatic heterocycles. The van der Waals surface area contributed by atoms with Crippen molar-refractivity contribution in [1.82, 2.24) is 9.88 Å². The van der Waals surface area contributed by atoms with Gasteiger partial charge in [-0.3, -0.25) is 0 Å². The Labute approximate surface area is 311 Å². The van der Waals surface area contributed by atoms with Gasteiger partial charge in [-0.15, -0.1) is 11.8 Å². The minimum absolute atomic E-state index is 0.431. The molecule has 266 valence electrons. The summed E-state index contributed by atoms with van der Waals surface area (Å²) in [5, 5.41) is 5.04. The van der Waals surface area contributed by atoms with Crippen LogP contribution < -0.4 is 5.32 Å². The molecule has 0 spiro atoms. The third-order valence-corrected chi connectivity index (χ3v) is 16.1.